The monoisotopic (exact) mass is 254 g/mol. The molecule has 0 bridgehead atoms. The Kier molecular flexibility index (Phi) is 5.44. The maximum absolute atomic E-state index is 11.5. The molecule has 1 rings (SSSR count). The van der Waals surface area contributed by atoms with E-state index in [2.05, 4.69) is 10.3 Å². The van der Waals surface area contributed by atoms with Crippen LogP contribution in [0.5, 0.6) is 0 Å². The number of aliphatic hydroxyl groups excluding tert-OH is 1. The van der Waals surface area contributed by atoms with E-state index in [-0.39, 0.29) is 12.5 Å². The van der Waals surface area contributed by atoms with Gasteiger partial charge in [-0.1, -0.05) is 6.07 Å². The van der Waals surface area contributed by atoms with E-state index in [1.807, 2.05) is 12.1 Å². The van der Waals surface area contributed by atoms with Crippen molar-refractivity contribution in [3.63, 3.8) is 0 Å². The highest BCUT2D eigenvalue weighted by atomic mass is 32.2. The van der Waals surface area contributed by atoms with Crippen molar-refractivity contribution in [3.8, 4) is 0 Å². The average molecular weight is 254 g/mol. The second-order valence-corrected chi connectivity index (χ2v) is 5.43. The van der Waals surface area contributed by atoms with Gasteiger partial charge in [0.25, 0.3) is 0 Å². The number of thioether (sulfide) groups is 1. The summed E-state index contributed by atoms with van der Waals surface area (Å²) in [5.41, 5.74) is 0.554. The Labute approximate surface area is 106 Å². The van der Waals surface area contributed by atoms with E-state index in [0.717, 1.165) is 11.3 Å². The first-order chi connectivity index (χ1) is 8.03. The predicted octanol–water partition coefficient (Wildman–Crippen LogP) is 1.20. The number of rotatable bonds is 6. The molecular weight excluding hydrogens is 236 g/mol. The van der Waals surface area contributed by atoms with E-state index >= 15 is 0 Å². The second-order valence-electron chi connectivity index (χ2n) is 4.44. The highest BCUT2D eigenvalue weighted by Crippen LogP contribution is 2.11. The SMILES string of the molecule is CC(C)(CO)NC(=O)CSCc1cccnc1. The lowest BCUT2D eigenvalue weighted by Gasteiger charge is -2.23. The first-order valence-corrected chi connectivity index (χ1v) is 6.57. The van der Waals surface area contributed by atoms with Gasteiger partial charge >= 0.3 is 0 Å². The normalized spacial score (nSPS) is 11.2. The van der Waals surface area contributed by atoms with Gasteiger partial charge in [-0.3, -0.25) is 9.78 Å². The van der Waals surface area contributed by atoms with Crippen molar-refractivity contribution in [2.75, 3.05) is 12.4 Å². The molecule has 4 nitrogen and oxygen atoms in total. The Balaban J connectivity index is 2.25. The third-order valence-electron chi connectivity index (χ3n) is 2.10. The number of nitrogens with zero attached hydrogens (tertiary/aromatic N) is 1. The molecule has 0 fully saturated rings. The van der Waals surface area contributed by atoms with Gasteiger partial charge in [-0.05, 0) is 25.5 Å². The second kappa shape index (κ2) is 6.61. The summed E-state index contributed by atoms with van der Waals surface area (Å²) in [7, 11) is 0. The van der Waals surface area contributed by atoms with Gasteiger partial charge in [-0.2, -0.15) is 0 Å². The van der Waals surface area contributed by atoms with Crippen LogP contribution >= 0.6 is 11.8 Å². The van der Waals surface area contributed by atoms with Crippen molar-refractivity contribution in [2.45, 2.75) is 25.1 Å². The Morgan fingerprint density at radius 3 is 2.94 bits per heavy atom. The van der Waals surface area contributed by atoms with Crippen LogP contribution in [-0.4, -0.2) is 33.9 Å². The van der Waals surface area contributed by atoms with E-state index in [1.54, 1.807) is 26.2 Å². The van der Waals surface area contributed by atoms with Gasteiger partial charge in [0, 0.05) is 18.1 Å². The third-order valence-corrected chi connectivity index (χ3v) is 3.10. The summed E-state index contributed by atoms with van der Waals surface area (Å²) >= 11 is 1.53. The van der Waals surface area contributed by atoms with E-state index in [9.17, 15) is 4.79 Å². The van der Waals surface area contributed by atoms with Crippen molar-refractivity contribution in [2.24, 2.45) is 0 Å². The van der Waals surface area contributed by atoms with Crippen LogP contribution in [0.3, 0.4) is 0 Å². The lowest BCUT2D eigenvalue weighted by Crippen LogP contribution is -2.47. The van der Waals surface area contributed by atoms with Crippen molar-refractivity contribution >= 4 is 17.7 Å². The van der Waals surface area contributed by atoms with Crippen LogP contribution in [0.25, 0.3) is 0 Å². The number of aromatic nitrogens is 1. The highest BCUT2D eigenvalue weighted by Gasteiger charge is 2.18. The van der Waals surface area contributed by atoms with Gasteiger partial charge < -0.3 is 10.4 Å². The van der Waals surface area contributed by atoms with Gasteiger partial charge in [0.1, 0.15) is 0 Å². The molecule has 1 aromatic rings. The first kappa shape index (κ1) is 14.0. The topological polar surface area (TPSA) is 62.2 Å². The number of nitrogens with one attached hydrogen (secondary N) is 1. The van der Waals surface area contributed by atoms with Crippen molar-refractivity contribution in [3.05, 3.63) is 30.1 Å². The minimum atomic E-state index is -0.550. The molecule has 1 heterocycles. The number of carbonyl (C=O) groups excluding carboxylic acids is 1. The standard InChI is InChI=1S/C12H18N2O2S/c1-12(2,9-15)14-11(16)8-17-7-10-4-3-5-13-6-10/h3-6,15H,7-9H2,1-2H3,(H,14,16). The largest absolute Gasteiger partial charge is 0.394 e. The molecule has 0 aliphatic carbocycles. The molecule has 0 saturated carbocycles. The van der Waals surface area contributed by atoms with Crippen LogP contribution in [0.15, 0.2) is 24.5 Å². The predicted molar refractivity (Wildman–Crippen MR) is 69.7 cm³/mol. The highest BCUT2D eigenvalue weighted by molar-refractivity contribution is 7.99. The maximum atomic E-state index is 11.5. The summed E-state index contributed by atoms with van der Waals surface area (Å²) in [4.78, 5) is 15.6. The summed E-state index contributed by atoms with van der Waals surface area (Å²) in [5, 5.41) is 11.8. The van der Waals surface area contributed by atoms with Crippen LogP contribution in [0.1, 0.15) is 19.4 Å². The molecule has 0 unspecified atom stereocenters. The minimum Gasteiger partial charge on any atom is -0.394 e. The fraction of sp³-hybridized carbons (Fsp3) is 0.500. The fourth-order valence-corrected chi connectivity index (χ4v) is 1.96. The molecule has 0 saturated heterocycles. The van der Waals surface area contributed by atoms with Crippen molar-refractivity contribution < 1.29 is 9.90 Å². The van der Waals surface area contributed by atoms with Gasteiger partial charge in [0.05, 0.1) is 17.9 Å². The lowest BCUT2D eigenvalue weighted by molar-refractivity contribution is -0.120. The molecule has 0 aliphatic rings. The van der Waals surface area contributed by atoms with Crippen LogP contribution < -0.4 is 5.32 Å². The number of carbonyl (C=O) groups is 1. The molecule has 2 N–H and O–H groups in total. The fourth-order valence-electron chi connectivity index (χ4n) is 1.20. The number of aliphatic hydroxyl groups is 1. The zero-order valence-corrected chi connectivity index (χ0v) is 11.0. The number of hydrogen-bond acceptors (Lipinski definition) is 4. The molecule has 1 aromatic heterocycles. The minimum absolute atomic E-state index is 0.0575. The average Bonchev–Trinajstić information content (AvgIpc) is 2.30. The number of hydrogen-bond donors (Lipinski definition) is 2. The Morgan fingerprint density at radius 1 is 1.59 bits per heavy atom. The van der Waals surface area contributed by atoms with Gasteiger partial charge in [0.15, 0.2) is 0 Å². The van der Waals surface area contributed by atoms with E-state index in [1.165, 1.54) is 11.8 Å². The number of pyridine rings is 1. The Bertz CT molecular complexity index is 355. The van der Waals surface area contributed by atoms with E-state index in [4.69, 9.17) is 5.11 Å². The van der Waals surface area contributed by atoms with Crippen LogP contribution in [-0.2, 0) is 10.5 Å². The smallest absolute Gasteiger partial charge is 0.230 e. The van der Waals surface area contributed by atoms with Crippen molar-refractivity contribution in [1.82, 2.24) is 10.3 Å². The van der Waals surface area contributed by atoms with Crippen LogP contribution in [0.4, 0.5) is 0 Å². The summed E-state index contributed by atoms with van der Waals surface area (Å²) in [6.45, 7) is 3.51. The van der Waals surface area contributed by atoms with Gasteiger partial charge in [-0.15, -0.1) is 11.8 Å². The molecule has 0 spiro atoms. The molecule has 0 aliphatic heterocycles. The van der Waals surface area contributed by atoms with Crippen LogP contribution in [0, 0.1) is 0 Å². The molecule has 1 amide bonds. The van der Waals surface area contributed by atoms with E-state index in [0.29, 0.717) is 5.75 Å². The number of amides is 1. The molecule has 0 atom stereocenters. The van der Waals surface area contributed by atoms with E-state index < -0.39 is 5.54 Å². The maximum Gasteiger partial charge on any atom is 0.230 e. The zero-order chi connectivity index (χ0) is 12.7. The molecule has 5 heteroatoms. The summed E-state index contributed by atoms with van der Waals surface area (Å²) in [5.74, 6) is 1.09. The van der Waals surface area contributed by atoms with Crippen molar-refractivity contribution in [1.29, 1.82) is 0 Å². The Hall–Kier alpha value is -1.07. The molecule has 17 heavy (non-hydrogen) atoms. The molecular formula is C12H18N2O2S. The quantitative estimate of drug-likeness (QED) is 0.801. The summed E-state index contributed by atoms with van der Waals surface area (Å²) < 4.78 is 0. The van der Waals surface area contributed by atoms with Gasteiger partial charge in [-0.25, -0.2) is 0 Å². The van der Waals surface area contributed by atoms with Crippen LogP contribution in [0.2, 0.25) is 0 Å². The Morgan fingerprint density at radius 2 is 2.35 bits per heavy atom. The lowest BCUT2D eigenvalue weighted by atomic mass is 10.1. The first-order valence-electron chi connectivity index (χ1n) is 5.42. The molecule has 0 aromatic carbocycles. The zero-order valence-electron chi connectivity index (χ0n) is 10.1. The summed E-state index contributed by atoms with van der Waals surface area (Å²) in [6.07, 6.45) is 3.52. The third kappa shape index (κ3) is 5.70. The van der Waals surface area contributed by atoms with Gasteiger partial charge in [0.2, 0.25) is 5.91 Å². The molecule has 94 valence electrons. The molecule has 0 radical (unpaired) electrons. The summed E-state index contributed by atoms with van der Waals surface area (Å²) in [6, 6.07) is 3.86.